The maximum atomic E-state index is 6.04. The number of ether oxygens (including phenoxy) is 1. The zero-order chi connectivity index (χ0) is 12.2. The Hall–Kier alpha value is -0.530. The summed E-state index contributed by atoms with van der Waals surface area (Å²) in [5.74, 6) is 0.695. The molecule has 0 saturated heterocycles. The van der Waals surface area contributed by atoms with Gasteiger partial charge in [-0.25, -0.2) is 0 Å². The van der Waals surface area contributed by atoms with Crippen LogP contribution < -0.4 is 0 Å². The van der Waals surface area contributed by atoms with Gasteiger partial charge in [-0.2, -0.15) is 0 Å². The van der Waals surface area contributed by atoms with Gasteiger partial charge < -0.3 is 4.74 Å². The lowest BCUT2D eigenvalue weighted by atomic mass is 9.87. The van der Waals surface area contributed by atoms with Crippen molar-refractivity contribution in [1.82, 2.24) is 0 Å². The third-order valence-electron chi connectivity index (χ3n) is 4.26. The summed E-state index contributed by atoms with van der Waals surface area (Å²) in [4.78, 5) is 0. The van der Waals surface area contributed by atoms with E-state index in [-0.39, 0.29) is 5.41 Å². The number of benzene rings is 1. The maximum absolute atomic E-state index is 6.04. The summed E-state index contributed by atoms with van der Waals surface area (Å²) in [6.07, 6.45) is 2.41. The van der Waals surface area contributed by atoms with E-state index in [4.69, 9.17) is 16.3 Å². The van der Waals surface area contributed by atoms with E-state index in [0.717, 1.165) is 19.4 Å². The molecule has 0 radical (unpaired) electrons. The van der Waals surface area contributed by atoms with Crippen LogP contribution in [0, 0.1) is 12.3 Å². The highest BCUT2D eigenvalue weighted by Gasteiger charge is 2.45. The summed E-state index contributed by atoms with van der Waals surface area (Å²) < 4.78 is 6.04. The second-order valence-electron chi connectivity index (χ2n) is 6.02. The SMILES string of the molecule is Cc1cc2c3c(c1CCCl)CO[C@H]3C(C)(C)C2. The predicted octanol–water partition coefficient (Wildman–Crippen LogP) is 3.93. The molecule has 17 heavy (non-hydrogen) atoms. The molecule has 1 atom stereocenters. The van der Waals surface area contributed by atoms with Crippen molar-refractivity contribution in [2.75, 3.05) is 5.88 Å². The third-order valence-corrected chi connectivity index (χ3v) is 4.45. The molecule has 0 unspecified atom stereocenters. The Morgan fingerprint density at radius 1 is 1.47 bits per heavy atom. The molecule has 0 N–H and O–H groups in total. The largest absolute Gasteiger partial charge is 0.368 e. The van der Waals surface area contributed by atoms with Gasteiger partial charge in [0.15, 0.2) is 0 Å². The second kappa shape index (κ2) is 3.73. The average Bonchev–Trinajstić information content (AvgIpc) is 2.77. The third kappa shape index (κ3) is 1.56. The molecule has 1 aliphatic carbocycles. The van der Waals surface area contributed by atoms with Crippen molar-refractivity contribution in [2.24, 2.45) is 5.41 Å². The van der Waals surface area contributed by atoms with Crippen molar-refractivity contribution < 1.29 is 4.74 Å². The molecule has 92 valence electrons. The molecule has 2 heteroatoms. The highest BCUT2D eigenvalue weighted by atomic mass is 35.5. The minimum Gasteiger partial charge on any atom is -0.368 e. The molecule has 1 heterocycles. The summed E-state index contributed by atoms with van der Waals surface area (Å²) in [6, 6.07) is 2.36. The van der Waals surface area contributed by atoms with Gasteiger partial charge in [0.1, 0.15) is 0 Å². The highest BCUT2D eigenvalue weighted by molar-refractivity contribution is 6.18. The van der Waals surface area contributed by atoms with E-state index in [1.165, 1.54) is 27.8 Å². The minimum absolute atomic E-state index is 0.250. The van der Waals surface area contributed by atoms with E-state index >= 15 is 0 Å². The molecule has 2 aliphatic rings. The van der Waals surface area contributed by atoms with E-state index < -0.39 is 0 Å². The van der Waals surface area contributed by atoms with Crippen LogP contribution in [0.15, 0.2) is 6.07 Å². The van der Waals surface area contributed by atoms with Crippen LogP contribution in [-0.2, 0) is 24.2 Å². The van der Waals surface area contributed by atoms with Crippen molar-refractivity contribution in [3.8, 4) is 0 Å². The van der Waals surface area contributed by atoms with Crippen LogP contribution in [0.2, 0.25) is 0 Å². The van der Waals surface area contributed by atoms with Gasteiger partial charge in [0.05, 0.1) is 12.7 Å². The minimum atomic E-state index is 0.250. The molecule has 0 amide bonds. The molecule has 1 aromatic rings. The fourth-order valence-corrected chi connectivity index (χ4v) is 3.74. The first kappa shape index (κ1) is 11.6. The second-order valence-corrected chi connectivity index (χ2v) is 6.40. The van der Waals surface area contributed by atoms with Crippen molar-refractivity contribution >= 4 is 11.6 Å². The first-order valence-corrected chi connectivity index (χ1v) is 6.90. The molecule has 1 nitrogen and oxygen atoms in total. The van der Waals surface area contributed by atoms with E-state index in [1.807, 2.05) is 0 Å². The Balaban J connectivity index is 2.18. The number of alkyl halides is 1. The molecule has 3 rings (SSSR count). The number of hydrogen-bond donors (Lipinski definition) is 0. The van der Waals surface area contributed by atoms with Crippen LogP contribution in [0.3, 0.4) is 0 Å². The normalized spacial score (nSPS) is 24.1. The molecular weight excluding hydrogens is 232 g/mol. The molecular formula is C15H19ClO. The number of hydrogen-bond acceptors (Lipinski definition) is 1. The molecule has 0 spiro atoms. The first-order chi connectivity index (χ1) is 8.04. The van der Waals surface area contributed by atoms with Crippen LogP contribution in [0.1, 0.15) is 47.8 Å². The number of halogens is 1. The van der Waals surface area contributed by atoms with Gasteiger partial charge in [0, 0.05) is 5.88 Å². The molecule has 0 aromatic heterocycles. The van der Waals surface area contributed by atoms with Crippen molar-refractivity contribution in [3.63, 3.8) is 0 Å². The summed E-state index contributed by atoms with van der Waals surface area (Å²) in [5, 5.41) is 0. The average molecular weight is 251 g/mol. The van der Waals surface area contributed by atoms with E-state index in [9.17, 15) is 0 Å². The van der Waals surface area contributed by atoms with Gasteiger partial charge in [-0.1, -0.05) is 19.9 Å². The molecule has 1 aromatic carbocycles. The standard InChI is InChI=1S/C15H19ClO/c1-9-6-10-7-15(2,3)14-13(10)12(8-17-14)11(9)4-5-16/h6,14H,4-5,7-8H2,1-3H3/t14-/m1/s1. The number of aryl methyl sites for hydroxylation is 1. The fourth-order valence-electron chi connectivity index (χ4n) is 3.55. The van der Waals surface area contributed by atoms with Crippen LogP contribution in [0.5, 0.6) is 0 Å². The lowest BCUT2D eigenvalue weighted by molar-refractivity contribution is -0.00653. The topological polar surface area (TPSA) is 9.23 Å². The number of rotatable bonds is 2. The van der Waals surface area contributed by atoms with Gasteiger partial charge in [-0.05, 0) is 53.0 Å². The van der Waals surface area contributed by atoms with Crippen molar-refractivity contribution in [1.29, 1.82) is 0 Å². The van der Waals surface area contributed by atoms with Gasteiger partial charge >= 0.3 is 0 Å². The van der Waals surface area contributed by atoms with E-state index in [0.29, 0.717) is 12.0 Å². The van der Waals surface area contributed by atoms with E-state index in [2.05, 4.69) is 26.8 Å². The Labute approximate surface area is 108 Å². The monoisotopic (exact) mass is 250 g/mol. The Morgan fingerprint density at radius 2 is 2.24 bits per heavy atom. The first-order valence-electron chi connectivity index (χ1n) is 6.36. The van der Waals surface area contributed by atoms with Gasteiger partial charge in [0.25, 0.3) is 0 Å². The van der Waals surface area contributed by atoms with Crippen molar-refractivity contribution in [3.05, 3.63) is 33.9 Å². The Bertz CT molecular complexity index is 476. The molecule has 0 fully saturated rings. The predicted molar refractivity (Wildman–Crippen MR) is 70.6 cm³/mol. The zero-order valence-corrected chi connectivity index (χ0v) is 11.5. The fraction of sp³-hybridized carbons (Fsp3) is 0.600. The zero-order valence-electron chi connectivity index (χ0n) is 10.8. The van der Waals surface area contributed by atoms with Gasteiger partial charge in [-0.3, -0.25) is 0 Å². The van der Waals surface area contributed by atoms with Crippen LogP contribution >= 0.6 is 11.6 Å². The van der Waals surface area contributed by atoms with E-state index in [1.54, 1.807) is 0 Å². The highest BCUT2D eigenvalue weighted by Crippen LogP contribution is 2.53. The van der Waals surface area contributed by atoms with Crippen molar-refractivity contribution in [2.45, 2.75) is 46.3 Å². The molecule has 1 aliphatic heterocycles. The summed E-state index contributed by atoms with van der Waals surface area (Å²) in [7, 11) is 0. The molecule has 0 saturated carbocycles. The summed E-state index contributed by atoms with van der Waals surface area (Å²) >= 11 is 5.92. The lowest BCUT2D eigenvalue weighted by Gasteiger charge is -2.24. The maximum Gasteiger partial charge on any atom is 0.0889 e. The quantitative estimate of drug-likeness (QED) is 0.723. The van der Waals surface area contributed by atoms with Crippen LogP contribution in [-0.4, -0.2) is 5.88 Å². The Morgan fingerprint density at radius 3 is 2.94 bits per heavy atom. The summed E-state index contributed by atoms with van der Waals surface area (Å²) in [6.45, 7) is 7.61. The van der Waals surface area contributed by atoms with Gasteiger partial charge in [0.2, 0.25) is 0 Å². The smallest absolute Gasteiger partial charge is 0.0889 e. The van der Waals surface area contributed by atoms with Crippen LogP contribution in [0.4, 0.5) is 0 Å². The van der Waals surface area contributed by atoms with Crippen LogP contribution in [0.25, 0.3) is 0 Å². The Kier molecular flexibility index (Phi) is 2.53. The summed E-state index contributed by atoms with van der Waals surface area (Å²) in [5.41, 5.74) is 7.50. The van der Waals surface area contributed by atoms with Gasteiger partial charge in [-0.15, -0.1) is 11.6 Å². The molecule has 0 bridgehead atoms. The lowest BCUT2D eigenvalue weighted by Crippen LogP contribution is -2.17.